The number of carboxylic acids is 2. The normalized spacial score (nSPS) is 18.5. The third kappa shape index (κ3) is 15.3. The molecule has 0 bridgehead atoms. The zero-order valence-corrected chi connectivity index (χ0v) is 39.8. The van der Waals surface area contributed by atoms with Crippen molar-refractivity contribution < 1.29 is 53.2 Å². The Morgan fingerprint density at radius 3 is 1.89 bits per heavy atom. The van der Waals surface area contributed by atoms with Crippen LogP contribution in [0.1, 0.15) is 100.0 Å². The first-order valence-electron chi connectivity index (χ1n) is 22.3. The fraction of sp³-hybridized carbons (Fsp3) is 0.717. The van der Waals surface area contributed by atoms with Crippen LogP contribution < -0.4 is 16.0 Å². The zero-order chi connectivity index (χ0) is 47.9. The number of methoxy groups -OCH3 is 2. The highest BCUT2D eigenvalue weighted by Crippen LogP contribution is 2.30. The molecule has 0 saturated carbocycles. The first-order valence-corrected chi connectivity index (χ1v) is 22.3. The van der Waals surface area contributed by atoms with E-state index in [1.165, 1.54) is 14.2 Å². The van der Waals surface area contributed by atoms with E-state index < -0.39 is 84.6 Å². The Morgan fingerprint density at radius 1 is 0.794 bits per heavy atom. The zero-order valence-electron chi connectivity index (χ0n) is 39.8. The smallest absolute Gasteiger partial charge is 0.326 e. The number of hydrogen-bond donors (Lipinski definition) is 5. The van der Waals surface area contributed by atoms with Crippen molar-refractivity contribution in [3.05, 3.63) is 35.9 Å². The van der Waals surface area contributed by atoms with Crippen LogP contribution in [-0.2, 0) is 49.5 Å². The molecule has 17 nitrogen and oxygen atoms in total. The maximum Gasteiger partial charge on any atom is 0.326 e. The average Bonchev–Trinajstić information content (AvgIpc) is 3.71. The van der Waals surface area contributed by atoms with Crippen LogP contribution in [0.15, 0.2) is 30.3 Å². The molecule has 0 spiro atoms. The van der Waals surface area contributed by atoms with Crippen molar-refractivity contribution in [1.82, 2.24) is 30.7 Å². The summed E-state index contributed by atoms with van der Waals surface area (Å²) in [5.41, 5.74) is 0.668. The molecule has 0 radical (unpaired) electrons. The maximum atomic E-state index is 14.4. The fourth-order valence-corrected chi connectivity index (χ4v) is 8.57. The number of nitrogens with zero attached hydrogens (tertiary/aromatic N) is 3. The summed E-state index contributed by atoms with van der Waals surface area (Å²) in [6, 6.07) is 3.52. The van der Waals surface area contributed by atoms with Crippen LogP contribution in [0.5, 0.6) is 0 Å². The van der Waals surface area contributed by atoms with Crippen LogP contribution in [0, 0.1) is 23.7 Å². The lowest BCUT2D eigenvalue weighted by Gasteiger charge is -2.41. The molecule has 17 heteroatoms. The number of ether oxygens (including phenoxy) is 2. The summed E-state index contributed by atoms with van der Waals surface area (Å²) < 4.78 is 12.0. The number of carbonyl (C=O) groups excluding carboxylic acids is 5. The predicted octanol–water partition coefficient (Wildman–Crippen LogP) is 3.18. The van der Waals surface area contributed by atoms with Crippen LogP contribution in [0.25, 0.3) is 0 Å². The van der Waals surface area contributed by atoms with Crippen LogP contribution in [0.3, 0.4) is 0 Å². The molecule has 1 saturated heterocycles. The molecule has 63 heavy (non-hydrogen) atoms. The van der Waals surface area contributed by atoms with Crippen molar-refractivity contribution in [2.75, 3.05) is 34.9 Å². The van der Waals surface area contributed by atoms with Crippen LogP contribution in [0.2, 0.25) is 0 Å². The standard InChI is InChI=1S/C46H76N6O11/c1-14-29(8)40(51(11)45(59)38(26(2)3)49-44(58)39(27(4)5)50(10)28(6)7)35(62-12)25-36(53)52-22-18-21-34(52)41(63-13)30(9)42(56)47-32(23-31-19-16-15-17-20-31)43(57)48-33(46(60)61)24-37(54)55/h15-17,19-20,26-30,32-35,38-41H,14,18,21-25H2,1-13H3,(H,47,56)(H,48,57)(H,49,58)(H,54,55)(H,60,61)/t29-,30+,32-,33?,34-,35+,38-,39-,40-,41+/m0/s1. The topological polar surface area (TPSA) is 224 Å². The molecule has 1 fully saturated rings. The molecule has 356 valence electrons. The molecule has 10 atom stereocenters. The summed E-state index contributed by atoms with van der Waals surface area (Å²) in [6.45, 7) is 17.8. The van der Waals surface area contributed by atoms with E-state index >= 15 is 0 Å². The molecule has 1 heterocycles. The minimum Gasteiger partial charge on any atom is -0.481 e. The van der Waals surface area contributed by atoms with E-state index in [4.69, 9.17) is 9.47 Å². The van der Waals surface area contributed by atoms with Crippen molar-refractivity contribution in [3.63, 3.8) is 0 Å². The number of nitrogens with one attached hydrogen (secondary N) is 3. The van der Waals surface area contributed by atoms with Crippen molar-refractivity contribution in [1.29, 1.82) is 0 Å². The third-order valence-electron chi connectivity index (χ3n) is 12.6. The van der Waals surface area contributed by atoms with E-state index in [1.807, 2.05) is 67.3 Å². The van der Waals surface area contributed by atoms with E-state index in [-0.39, 0.29) is 54.4 Å². The second-order valence-corrected chi connectivity index (χ2v) is 18.0. The summed E-state index contributed by atoms with van der Waals surface area (Å²) in [5.74, 6) is -6.42. The number of benzene rings is 1. The lowest BCUT2D eigenvalue weighted by Crippen LogP contribution is -2.60. The van der Waals surface area contributed by atoms with Gasteiger partial charge in [-0.15, -0.1) is 0 Å². The fourth-order valence-electron chi connectivity index (χ4n) is 8.57. The molecule has 0 aromatic heterocycles. The van der Waals surface area contributed by atoms with Crippen LogP contribution in [-0.4, -0.2) is 156 Å². The first kappa shape index (κ1) is 54.5. The lowest BCUT2D eigenvalue weighted by atomic mass is 9.89. The highest BCUT2D eigenvalue weighted by Gasteiger charge is 2.44. The lowest BCUT2D eigenvalue weighted by molar-refractivity contribution is -0.148. The molecule has 1 aromatic carbocycles. The molecule has 2 rings (SSSR count). The van der Waals surface area contributed by atoms with Gasteiger partial charge in [0.1, 0.15) is 18.1 Å². The predicted molar refractivity (Wildman–Crippen MR) is 238 cm³/mol. The minimum atomic E-state index is -1.72. The van der Waals surface area contributed by atoms with Gasteiger partial charge in [0.05, 0.1) is 49.1 Å². The molecule has 0 aliphatic carbocycles. The van der Waals surface area contributed by atoms with E-state index in [1.54, 1.807) is 54.1 Å². The van der Waals surface area contributed by atoms with Gasteiger partial charge < -0.3 is 45.4 Å². The Balaban J connectivity index is 2.36. The second kappa shape index (κ2) is 25.6. The summed E-state index contributed by atoms with van der Waals surface area (Å²) in [6.07, 6.45) is -0.660. The molecular weight excluding hydrogens is 813 g/mol. The van der Waals surface area contributed by atoms with E-state index in [2.05, 4.69) is 16.0 Å². The molecular formula is C46H76N6O11. The first-order chi connectivity index (χ1) is 29.5. The van der Waals surface area contributed by atoms with Crippen molar-refractivity contribution in [2.45, 2.75) is 155 Å². The highest BCUT2D eigenvalue weighted by molar-refractivity contribution is 5.93. The Hall–Kier alpha value is -4.61. The van der Waals surface area contributed by atoms with Gasteiger partial charge in [-0.05, 0) is 57.1 Å². The number of carboxylic acid groups (broad SMARTS) is 2. The number of carbonyl (C=O) groups is 7. The van der Waals surface area contributed by atoms with Gasteiger partial charge in [-0.1, -0.05) is 85.2 Å². The van der Waals surface area contributed by atoms with E-state index in [0.717, 1.165) is 0 Å². The van der Waals surface area contributed by atoms with E-state index in [9.17, 15) is 43.8 Å². The van der Waals surface area contributed by atoms with E-state index in [0.29, 0.717) is 31.4 Å². The monoisotopic (exact) mass is 889 g/mol. The Labute approximate surface area is 374 Å². The number of likely N-dealkylation sites (tertiary alicyclic amines) is 1. The molecule has 5 amide bonds. The molecule has 1 aliphatic rings. The summed E-state index contributed by atoms with van der Waals surface area (Å²) in [4.78, 5) is 98.4. The minimum absolute atomic E-state index is 0.00670. The summed E-state index contributed by atoms with van der Waals surface area (Å²) in [5, 5.41) is 26.8. The molecule has 5 N–H and O–H groups in total. The number of amides is 5. The molecule has 1 unspecified atom stereocenters. The van der Waals surface area contributed by atoms with Gasteiger partial charge in [0, 0.05) is 40.3 Å². The maximum absolute atomic E-state index is 14.4. The Bertz CT molecular complexity index is 1680. The van der Waals surface area contributed by atoms with Gasteiger partial charge in [-0.25, -0.2) is 4.79 Å². The largest absolute Gasteiger partial charge is 0.481 e. The van der Waals surface area contributed by atoms with Gasteiger partial charge in [0.2, 0.25) is 29.5 Å². The SMILES string of the molecule is CC[C@H](C)[C@@H]([C@@H](CC(=O)N1CCC[C@H]1[C@H](OC)[C@@H](C)C(=O)N[C@@H](Cc1ccccc1)C(=O)NC(CC(=O)O)C(=O)O)OC)N(C)C(=O)[C@@H](NC(=O)[C@H](C(C)C)N(C)C(C)C)C(C)C. The van der Waals surface area contributed by atoms with Gasteiger partial charge >= 0.3 is 11.9 Å². The van der Waals surface area contributed by atoms with Gasteiger partial charge in [-0.2, -0.15) is 0 Å². The average molecular weight is 889 g/mol. The number of hydrogen-bond acceptors (Lipinski definition) is 10. The van der Waals surface area contributed by atoms with Crippen molar-refractivity contribution >= 4 is 41.5 Å². The Morgan fingerprint density at radius 2 is 1.40 bits per heavy atom. The van der Waals surface area contributed by atoms with Crippen molar-refractivity contribution in [3.8, 4) is 0 Å². The van der Waals surface area contributed by atoms with Crippen molar-refractivity contribution in [2.24, 2.45) is 23.7 Å². The number of likely N-dealkylation sites (N-methyl/N-ethyl adjacent to an activating group) is 2. The Kier molecular flexibility index (Phi) is 22.2. The molecule has 1 aliphatic heterocycles. The summed E-state index contributed by atoms with van der Waals surface area (Å²) in [7, 11) is 6.55. The van der Waals surface area contributed by atoms with Gasteiger partial charge in [0.25, 0.3) is 0 Å². The molecule has 1 aromatic rings. The van der Waals surface area contributed by atoms with Gasteiger partial charge in [-0.3, -0.25) is 33.7 Å². The van der Waals surface area contributed by atoms with Crippen LogP contribution >= 0.6 is 0 Å². The quantitative estimate of drug-likeness (QED) is 0.0905. The highest BCUT2D eigenvalue weighted by atomic mass is 16.5. The number of aliphatic carboxylic acids is 2. The summed E-state index contributed by atoms with van der Waals surface area (Å²) >= 11 is 0. The van der Waals surface area contributed by atoms with Crippen LogP contribution in [0.4, 0.5) is 0 Å². The van der Waals surface area contributed by atoms with Gasteiger partial charge in [0.15, 0.2) is 0 Å². The third-order valence-corrected chi connectivity index (χ3v) is 12.6. The second-order valence-electron chi connectivity index (χ2n) is 18.0. The number of rotatable bonds is 26.